The predicted molar refractivity (Wildman–Crippen MR) is 77.5 cm³/mol. The molecule has 0 bridgehead atoms. The zero-order valence-corrected chi connectivity index (χ0v) is 11.6. The number of halogens is 1. The zero-order chi connectivity index (χ0) is 15.4. The van der Waals surface area contributed by atoms with Crippen molar-refractivity contribution < 1.29 is 19.0 Å². The molecule has 2 rings (SSSR count). The van der Waals surface area contributed by atoms with Gasteiger partial charge in [0.25, 0.3) is 0 Å². The fraction of sp³-hybridized carbons (Fsp3) is 0.125. The van der Waals surface area contributed by atoms with Gasteiger partial charge in [0.15, 0.2) is 11.6 Å². The number of hydrogen-bond donors (Lipinski definition) is 1. The van der Waals surface area contributed by atoms with E-state index >= 15 is 0 Å². The first-order valence-electron chi connectivity index (χ1n) is 6.22. The van der Waals surface area contributed by atoms with Gasteiger partial charge in [0.1, 0.15) is 0 Å². The molecule has 5 heteroatoms. The second kappa shape index (κ2) is 6.17. The van der Waals surface area contributed by atoms with E-state index < -0.39 is 11.8 Å². The number of ether oxygens (including phenoxy) is 1. The first kappa shape index (κ1) is 14.7. The van der Waals surface area contributed by atoms with Crippen LogP contribution in [0.1, 0.15) is 12.5 Å². The molecule has 1 aromatic carbocycles. The number of carboxylic acids is 1. The van der Waals surface area contributed by atoms with E-state index in [1.807, 2.05) is 0 Å². The van der Waals surface area contributed by atoms with Gasteiger partial charge in [-0.05, 0) is 41.8 Å². The van der Waals surface area contributed by atoms with Crippen molar-refractivity contribution in [3.05, 3.63) is 54.1 Å². The molecule has 0 unspecified atom stereocenters. The number of carbonyl (C=O) groups is 1. The lowest BCUT2D eigenvalue weighted by Gasteiger charge is -2.07. The van der Waals surface area contributed by atoms with Gasteiger partial charge in [-0.25, -0.2) is 9.18 Å². The van der Waals surface area contributed by atoms with Gasteiger partial charge < -0.3 is 9.84 Å². The van der Waals surface area contributed by atoms with Crippen LogP contribution in [0.3, 0.4) is 0 Å². The van der Waals surface area contributed by atoms with Gasteiger partial charge in [-0.15, -0.1) is 0 Å². The summed E-state index contributed by atoms with van der Waals surface area (Å²) < 4.78 is 18.6. The summed E-state index contributed by atoms with van der Waals surface area (Å²) in [5.41, 5.74) is 2.59. The zero-order valence-electron chi connectivity index (χ0n) is 11.6. The molecule has 0 amide bonds. The SMILES string of the molecule is COc1ccc(-c2cncc(/C(C)=C/C(=O)O)c2)cc1F. The Morgan fingerprint density at radius 2 is 2.05 bits per heavy atom. The topological polar surface area (TPSA) is 59.4 Å². The van der Waals surface area contributed by atoms with E-state index in [0.717, 1.165) is 6.08 Å². The molecule has 0 fully saturated rings. The Morgan fingerprint density at radius 1 is 1.29 bits per heavy atom. The summed E-state index contributed by atoms with van der Waals surface area (Å²) in [6.07, 6.45) is 4.27. The minimum absolute atomic E-state index is 0.171. The molecule has 21 heavy (non-hydrogen) atoms. The van der Waals surface area contributed by atoms with Gasteiger partial charge in [-0.3, -0.25) is 4.98 Å². The Kier molecular flexibility index (Phi) is 4.33. The molecular weight excluding hydrogens is 273 g/mol. The van der Waals surface area contributed by atoms with E-state index in [1.165, 1.54) is 19.2 Å². The third-order valence-electron chi connectivity index (χ3n) is 3.02. The summed E-state index contributed by atoms with van der Waals surface area (Å²) in [7, 11) is 1.40. The normalized spacial score (nSPS) is 11.3. The second-order valence-electron chi connectivity index (χ2n) is 4.48. The van der Waals surface area contributed by atoms with Crippen LogP contribution in [0.2, 0.25) is 0 Å². The van der Waals surface area contributed by atoms with Gasteiger partial charge in [-0.1, -0.05) is 6.07 Å². The average molecular weight is 287 g/mol. The summed E-state index contributed by atoms with van der Waals surface area (Å²) >= 11 is 0. The fourth-order valence-corrected chi connectivity index (χ4v) is 1.93. The number of aromatic nitrogens is 1. The molecule has 1 aromatic heterocycles. The summed E-state index contributed by atoms with van der Waals surface area (Å²) in [5.74, 6) is -1.31. The van der Waals surface area contributed by atoms with Crippen LogP contribution in [0.4, 0.5) is 4.39 Å². The van der Waals surface area contributed by atoms with Crippen molar-refractivity contribution >= 4 is 11.5 Å². The molecule has 1 heterocycles. The number of hydrogen-bond acceptors (Lipinski definition) is 3. The number of nitrogens with zero attached hydrogens (tertiary/aromatic N) is 1. The predicted octanol–water partition coefficient (Wildman–Crippen LogP) is 3.38. The van der Waals surface area contributed by atoms with Gasteiger partial charge in [0.2, 0.25) is 0 Å². The third kappa shape index (κ3) is 3.45. The molecular formula is C16H14FNO3. The van der Waals surface area contributed by atoms with E-state index in [2.05, 4.69) is 4.98 Å². The van der Waals surface area contributed by atoms with Gasteiger partial charge in [0, 0.05) is 24.0 Å². The van der Waals surface area contributed by atoms with Crippen molar-refractivity contribution in [2.75, 3.05) is 7.11 Å². The number of pyridine rings is 1. The molecule has 0 aliphatic rings. The highest BCUT2D eigenvalue weighted by molar-refractivity contribution is 5.89. The molecule has 0 spiro atoms. The lowest BCUT2D eigenvalue weighted by molar-refractivity contribution is -0.131. The Labute approximate surface area is 121 Å². The molecule has 0 radical (unpaired) electrons. The Balaban J connectivity index is 2.42. The van der Waals surface area contributed by atoms with E-state index in [9.17, 15) is 9.18 Å². The van der Waals surface area contributed by atoms with Crippen LogP contribution in [0, 0.1) is 5.82 Å². The van der Waals surface area contributed by atoms with Crippen LogP contribution >= 0.6 is 0 Å². The van der Waals surface area contributed by atoms with Gasteiger partial charge in [0.05, 0.1) is 7.11 Å². The third-order valence-corrected chi connectivity index (χ3v) is 3.02. The highest BCUT2D eigenvalue weighted by Gasteiger charge is 2.07. The number of methoxy groups -OCH3 is 1. The molecule has 0 aliphatic carbocycles. The van der Waals surface area contributed by atoms with Crippen LogP contribution in [-0.4, -0.2) is 23.2 Å². The molecule has 0 atom stereocenters. The van der Waals surface area contributed by atoms with Crippen molar-refractivity contribution in [2.45, 2.75) is 6.92 Å². The van der Waals surface area contributed by atoms with E-state index in [-0.39, 0.29) is 5.75 Å². The quantitative estimate of drug-likeness (QED) is 0.876. The van der Waals surface area contributed by atoms with Crippen LogP contribution in [0.25, 0.3) is 16.7 Å². The molecule has 0 aliphatic heterocycles. The second-order valence-corrected chi connectivity index (χ2v) is 4.48. The first-order valence-corrected chi connectivity index (χ1v) is 6.22. The molecule has 4 nitrogen and oxygen atoms in total. The van der Waals surface area contributed by atoms with E-state index in [0.29, 0.717) is 22.3 Å². The van der Waals surface area contributed by atoms with Crippen molar-refractivity contribution in [1.29, 1.82) is 0 Å². The maximum atomic E-state index is 13.7. The number of allylic oxidation sites excluding steroid dienone is 1. The van der Waals surface area contributed by atoms with Gasteiger partial charge in [-0.2, -0.15) is 0 Å². The van der Waals surface area contributed by atoms with E-state index in [1.54, 1.807) is 31.5 Å². The van der Waals surface area contributed by atoms with Crippen molar-refractivity contribution in [3.8, 4) is 16.9 Å². The first-order chi connectivity index (χ1) is 10.0. The lowest BCUT2D eigenvalue weighted by atomic mass is 10.0. The molecule has 1 N–H and O–H groups in total. The molecule has 2 aromatic rings. The van der Waals surface area contributed by atoms with Crippen LogP contribution < -0.4 is 4.74 Å². The van der Waals surface area contributed by atoms with Crippen molar-refractivity contribution in [2.24, 2.45) is 0 Å². The minimum Gasteiger partial charge on any atom is -0.494 e. The van der Waals surface area contributed by atoms with Crippen LogP contribution in [0.15, 0.2) is 42.7 Å². The maximum absolute atomic E-state index is 13.7. The van der Waals surface area contributed by atoms with E-state index in [4.69, 9.17) is 9.84 Å². The lowest BCUT2D eigenvalue weighted by Crippen LogP contribution is -1.92. The van der Waals surface area contributed by atoms with Gasteiger partial charge >= 0.3 is 5.97 Å². The standard InChI is InChI=1S/C16H14FNO3/c1-10(5-16(19)20)12-6-13(9-18-8-12)11-3-4-15(21-2)14(17)7-11/h3-9H,1-2H3,(H,19,20)/b10-5+. The monoisotopic (exact) mass is 287 g/mol. The molecule has 0 saturated carbocycles. The van der Waals surface area contributed by atoms with Crippen LogP contribution in [-0.2, 0) is 4.79 Å². The Bertz CT molecular complexity index is 710. The number of aliphatic carboxylic acids is 1. The molecule has 0 saturated heterocycles. The number of rotatable bonds is 4. The highest BCUT2D eigenvalue weighted by Crippen LogP contribution is 2.26. The average Bonchev–Trinajstić information content (AvgIpc) is 2.46. The van der Waals surface area contributed by atoms with Crippen LogP contribution in [0.5, 0.6) is 5.75 Å². The maximum Gasteiger partial charge on any atom is 0.328 e. The minimum atomic E-state index is -1.02. The smallest absolute Gasteiger partial charge is 0.328 e. The summed E-state index contributed by atoms with van der Waals surface area (Å²) in [6.45, 7) is 1.68. The Hall–Kier alpha value is -2.69. The largest absolute Gasteiger partial charge is 0.494 e. The summed E-state index contributed by atoms with van der Waals surface area (Å²) in [6, 6.07) is 6.38. The summed E-state index contributed by atoms with van der Waals surface area (Å²) in [4.78, 5) is 14.8. The Morgan fingerprint density at radius 3 is 2.67 bits per heavy atom. The number of carboxylic acid groups (broad SMARTS) is 1. The van der Waals surface area contributed by atoms with Crippen molar-refractivity contribution in [3.63, 3.8) is 0 Å². The number of benzene rings is 1. The fourth-order valence-electron chi connectivity index (χ4n) is 1.93. The highest BCUT2D eigenvalue weighted by atomic mass is 19.1. The van der Waals surface area contributed by atoms with Crippen molar-refractivity contribution in [1.82, 2.24) is 4.98 Å². The molecule has 108 valence electrons. The summed E-state index contributed by atoms with van der Waals surface area (Å²) in [5, 5.41) is 8.77.